The van der Waals surface area contributed by atoms with Crippen molar-refractivity contribution >= 4 is 37.8 Å². The van der Waals surface area contributed by atoms with Crippen LogP contribution >= 0.6 is 22.7 Å². The molecule has 3 aromatic rings. The lowest BCUT2D eigenvalue weighted by Gasteiger charge is -2.15. The standard InChI is InChI=1S/C17H18N4O2S3/c22-26(23,21-9-1-2-10-21)14-7-5-13(6-8-14)12-18-17-20-19-16(25-17)15-4-3-11-24-15/h3-8,11H,1-2,9-10,12H2,(H,18,20). The quantitative estimate of drug-likeness (QED) is 0.676. The summed E-state index contributed by atoms with van der Waals surface area (Å²) in [6.07, 6.45) is 1.88. The zero-order chi connectivity index (χ0) is 18.0. The van der Waals surface area contributed by atoms with E-state index in [0.717, 1.165) is 33.4 Å². The number of anilines is 1. The SMILES string of the molecule is O=S(=O)(c1ccc(CNc2nnc(-c3cccs3)s2)cc1)N1CCCC1. The highest BCUT2D eigenvalue weighted by Gasteiger charge is 2.26. The van der Waals surface area contributed by atoms with Crippen molar-refractivity contribution in [3.05, 3.63) is 47.3 Å². The number of nitrogens with zero attached hydrogens (tertiary/aromatic N) is 3. The molecule has 136 valence electrons. The molecule has 1 aromatic carbocycles. The molecule has 0 spiro atoms. The van der Waals surface area contributed by atoms with Gasteiger partial charge >= 0.3 is 0 Å². The molecule has 0 amide bonds. The highest BCUT2D eigenvalue weighted by molar-refractivity contribution is 7.89. The summed E-state index contributed by atoms with van der Waals surface area (Å²) in [6.45, 7) is 1.81. The van der Waals surface area contributed by atoms with Gasteiger partial charge in [-0.2, -0.15) is 4.31 Å². The van der Waals surface area contributed by atoms with Gasteiger partial charge in [0.2, 0.25) is 15.2 Å². The predicted molar refractivity (Wildman–Crippen MR) is 105 cm³/mol. The highest BCUT2D eigenvalue weighted by Crippen LogP contribution is 2.30. The van der Waals surface area contributed by atoms with Crippen LogP contribution in [0, 0.1) is 0 Å². The van der Waals surface area contributed by atoms with Gasteiger partial charge in [0.1, 0.15) is 0 Å². The van der Waals surface area contributed by atoms with Crippen molar-refractivity contribution in [2.24, 2.45) is 0 Å². The Morgan fingerprint density at radius 3 is 2.54 bits per heavy atom. The third kappa shape index (κ3) is 3.66. The van der Waals surface area contributed by atoms with E-state index in [1.54, 1.807) is 27.8 Å². The molecule has 0 aliphatic carbocycles. The van der Waals surface area contributed by atoms with Crippen LogP contribution in [-0.4, -0.2) is 36.0 Å². The predicted octanol–water partition coefficient (Wildman–Crippen LogP) is 3.66. The number of aromatic nitrogens is 2. The minimum atomic E-state index is -3.35. The number of hydrogen-bond acceptors (Lipinski definition) is 7. The van der Waals surface area contributed by atoms with Crippen LogP contribution in [0.4, 0.5) is 5.13 Å². The molecular weight excluding hydrogens is 388 g/mol. The second-order valence-electron chi connectivity index (χ2n) is 6.00. The lowest BCUT2D eigenvalue weighted by molar-refractivity contribution is 0.477. The number of thiophene rings is 1. The van der Waals surface area contributed by atoms with Crippen molar-refractivity contribution in [2.75, 3.05) is 18.4 Å². The maximum Gasteiger partial charge on any atom is 0.243 e. The van der Waals surface area contributed by atoms with E-state index in [9.17, 15) is 8.42 Å². The van der Waals surface area contributed by atoms with Gasteiger partial charge in [-0.15, -0.1) is 21.5 Å². The van der Waals surface area contributed by atoms with Crippen LogP contribution in [0.2, 0.25) is 0 Å². The highest BCUT2D eigenvalue weighted by atomic mass is 32.2. The summed E-state index contributed by atoms with van der Waals surface area (Å²) in [5, 5.41) is 15.3. The third-order valence-electron chi connectivity index (χ3n) is 4.23. The van der Waals surface area contributed by atoms with Gasteiger partial charge < -0.3 is 5.32 Å². The maximum atomic E-state index is 12.5. The van der Waals surface area contributed by atoms with E-state index < -0.39 is 10.0 Å². The van der Waals surface area contributed by atoms with Crippen LogP contribution in [0.1, 0.15) is 18.4 Å². The van der Waals surface area contributed by atoms with Crippen molar-refractivity contribution < 1.29 is 8.42 Å². The van der Waals surface area contributed by atoms with Crippen LogP contribution < -0.4 is 5.32 Å². The third-order valence-corrected chi connectivity index (χ3v) is 8.06. The maximum absolute atomic E-state index is 12.5. The van der Waals surface area contributed by atoms with Gasteiger partial charge in [-0.1, -0.05) is 29.5 Å². The molecule has 0 unspecified atom stereocenters. The van der Waals surface area contributed by atoms with E-state index in [2.05, 4.69) is 15.5 Å². The summed E-state index contributed by atoms with van der Waals surface area (Å²) < 4.78 is 26.6. The summed E-state index contributed by atoms with van der Waals surface area (Å²) in [6, 6.07) is 11.1. The van der Waals surface area contributed by atoms with Crippen LogP contribution in [0.5, 0.6) is 0 Å². The average Bonchev–Trinajstić information content (AvgIpc) is 3.42. The van der Waals surface area contributed by atoms with Crippen LogP contribution in [0.25, 0.3) is 9.88 Å². The molecule has 9 heteroatoms. The molecule has 3 heterocycles. The zero-order valence-corrected chi connectivity index (χ0v) is 16.4. The Hall–Kier alpha value is -1.81. The number of benzene rings is 1. The Kier molecular flexibility index (Phi) is 5.03. The lowest BCUT2D eigenvalue weighted by atomic mass is 10.2. The molecule has 1 aliphatic rings. The minimum absolute atomic E-state index is 0.360. The molecule has 1 aliphatic heterocycles. The van der Waals surface area contributed by atoms with E-state index in [1.807, 2.05) is 29.6 Å². The first kappa shape index (κ1) is 17.6. The Morgan fingerprint density at radius 1 is 1.08 bits per heavy atom. The largest absolute Gasteiger partial charge is 0.356 e. The normalized spacial score (nSPS) is 15.4. The first-order chi connectivity index (χ1) is 12.6. The van der Waals surface area contributed by atoms with Gasteiger partial charge in [-0.05, 0) is 42.0 Å². The van der Waals surface area contributed by atoms with Gasteiger partial charge in [0.25, 0.3) is 0 Å². The second kappa shape index (κ2) is 7.43. The summed E-state index contributed by atoms with van der Waals surface area (Å²) in [4.78, 5) is 1.46. The summed E-state index contributed by atoms with van der Waals surface area (Å²) in [5.74, 6) is 0. The summed E-state index contributed by atoms with van der Waals surface area (Å²) in [7, 11) is -3.35. The van der Waals surface area contributed by atoms with E-state index in [1.165, 1.54) is 11.3 Å². The van der Waals surface area contributed by atoms with E-state index in [0.29, 0.717) is 24.5 Å². The summed E-state index contributed by atoms with van der Waals surface area (Å²) in [5.41, 5.74) is 0.998. The molecule has 1 N–H and O–H groups in total. The fraction of sp³-hybridized carbons (Fsp3) is 0.294. The molecule has 4 rings (SSSR count). The molecular formula is C17H18N4O2S3. The molecule has 0 radical (unpaired) electrons. The van der Waals surface area contributed by atoms with Gasteiger partial charge in [0, 0.05) is 19.6 Å². The molecule has 1 saturated heterocycles. The van der Waals surface area contributed by atoms with Gasteiger partial charge in [0.05, 0.1) is 9.77 Å². The molecule has 0 saturated carbocycles. The molecule has 0 atom stereocenters. The smallest absolute Gasteiger partial charge is 0.243 e. The van der Waals surface area contributed by atoms with Gasteiger partial charge in [0.15, 0.2) is 5.01 Å². The lowest BCUT2D eigenvalue weighted by Crippen LogP contribution is -2.27. The Bertz CT molecular complexity index is 960. The molecule has 0 bridgehead atoms. The van der Waals surface area contributed by atoms with Crippen molar-refractivity contribution in [1.82, 2.24) is 14.5 Å². The first-order valence-electron chi connectivity index (χ1n) is 8.33. The van der Waals surface area contributed by atoms with Gasteiger partial charge in [-0.3, -0.25) is 0 Å². The van der Waals surface area contributed by atoms with E-state index >= 15 is 0 Å². The zero-order valence-electron chi connectivity index (χ0n) is 14.0. The molecule has 2 aromatic heterocycles. The first-order valence-corrected chi connectivity index (χ1v) is 11.5. The second-order valence-corrected chi connectivity index (χ2v) is 9.86. The van der Waals surface area contributed by atoms with E-state index in [-0.39, 0.29) is 0 Å². The van der Waals surface area contributed by atoms with Crippen molar-refractivity contribution in [2.45, 2.75) is 24.3 Å². The Morgan fingerprint density at radius 2 is 1.85 bits per heavy atom. The van der Waals surface area contributed by atoms with Crippen molar-refractivity contribution in [1.29, 1.82) is 0 Å². The van der Waals surface area contributed by atoms with Crippen molar-refractivity contribution in [3.8, 4) is 9.88 Å². The number of sulfonamides is 1. The Balaban J connectivity index is 1.40. The van der Waals surface area contributed by atoms with E-state index in [4.69, 9.17) is 0 Å². The van der Waals surface area contributed by atoms with Crippen LogP contribution in [0.15, 0.2) is 46.7 Å². The minimum Gasteiger partial charge on any atom is -0.356 e. The molecule has 1 fully saturated rings. The van der Waals surface area contributed by atoms with Crippen LogP contribution in [0.3, 0.4) is 0 Å². The number of nitrogens with one attached hydrogen (secondary N) is 1. The summed E-state index contributed by atoms with van der Waals surface area (Å²) >= 11 is 3.15. The average molecular weight is 407 g/mol. The van der Waals surface area contributed by atoms with Crippen LogP contribution in [-0.2, 0) is 16.6 Å². The van der Waals surface area contributed by atoms with Gasteiger partial charge in [-0.25, -0.2) is 8.42 Å². The molecule has 26 heavy (non-hydrogen) atoms. The topological polar surface area (TPSA) is 75.2 Å². The monoisotopic (exact) mass is 406 g/mol. The fourth-order valence-corrected chi connectivity index (χ4v) is 5.88. The fourth-order valence-electron chi connectivity index (χ4n) is 2.83. The molecule has 6 nitrogen and oxygen atoms in total. The number of rotatable bonds is 6. The Labute approximate surface area is 160 Å². The van der Waals surface area contributed by atoms with Crippen molar-refractivity contribution in [3.63, 3.8) is 0 Å². The number of hydrogen-bond donors (Lipinski definition) is 1.